The lowest BCUT2D eigenvalue weighted by molar-refractivity contribution is 0.0940. The van der Waals surface area contributed by atoms with E-state index < -0.39 is 0 Å². The number of rotatable bonds is 5. The van der Waals surface area contributed by atoms with Crippen LogP contribution in [0.25, 0.3) is 22.5 Å². The summed E-state index contributed by atoms with van der Waals surface area (Å²) in [6.07, 6.45) is 0. The van der Waals surface area contributed by atoms with Crippen LogP contribution >= 0.6 is 0 Å². The third kappa shape index (κ3) is 4.17. The highest BCUT2D eigenvalue weighted by Crippen LogP contribution is 2.25. The molecule has 1 atom stereocenters. The van der Waals surface area contributed by atoms with Gasteiger partial charge in [0.25, 0.3) is 5.91 Å². The number of phenols is 1. The number of benzene rings is 3. The van der Waals surface area contributed by atoms with Crippen LogP contribution < -0.4 is 11.1 Å². The van der Waals surface area contributed by atoms with Crippen molar-refractivity contribution in [2.24, 2.45) is 0 Å². The van der Waals surface area contributed by atoms with E-state index in [1.165, 1.54) is 0 Å². The van der Waals surface area contributed by atoms with Gasteiger partial charge >= 0.3 is 0 Å². The highest BCUT2D eigenvalue weighted by atomic mass is 16.3. The van der Waals surface area contributed by atoms with Crippen LogP contribution in [0.3, 0.4) is 0 Å². The lowest BCUT2D eigenvalue weighted by Gasteiger charge is -2.14. The van der Waals surface area contributed by atoms with E-state index in [0.717, 1.165) is 28.1 Å². The molecule has 0 bridgehead atoms. The first-order chi connectivity index (χ1) is 14.5. The number of H-pyrrole nitrogens is 1. The molecule has 30 heavy (non-hydrogen) atoms. The predicted octanol–water partition coefficient (Wildman–Crippen LogP) is 4.52. The number of anilines is 1. The summed E-state index contributed by atoms with van der Waals surface area (Å²) >= 11 is 0. The number of amides is 1. The molecular formula is C24H22N4O2. The maximum Gasteiger partial charge on any atom is 0.251 e. The van der Waals surface area contributed by atoms with Gasteiger partial charge in [-0.15, -0.1) is 0 Å². The van der Waals surface area contributed by atoms with Crippen LogP contribution in [-0.2, 0) is 0 Å². The number of hydrogen-bond acceptors (Lipinski definition) is 4. The van der Waals surface area contributed by atoms with Crippen molar-refractivity contribution in [3.63, 3.8) is 0 Å². The minimum absolute atomic E-state index is 0.127. The first kappa shape index (κ1) is 19.3. The van der Waals surface area contributed by atoms with E-state index in [1.54, 1.807) is 24.3 Å². The number of hydrogen-bond donors (Lipinski definition) is 4. The third-order valence-electron chi connectivity index (χ3n) is 4.98. The smallest absolute Gasteiger partial charge is 0.251 e. The Morgan fingerprint density at radius 3 is 2.27 bits per heavy atom. The van der Waals surface area contributed by atoms with E-state index in [-0.39, 0.29) is 17.7 Å². The monoisotopic (exact) mass is 398 g/mol. The fraction of sp³-hybridized carbons (Fsp3) is 0.0833. The molecular weight excluding hydrogens is 376 g/mol. The van der Waals surface area contributed by atoms with E-state index in [0.29, 0.717) is 11.3 Å². The molecule has 1 amide bonds. The first-order valence-corrected chi connectivity index (χ1v) is 9.61. The summed E-state index contributed by atoms with van der Waals surface area (Å²) in [5.74, 6) is 0.0781. The van der Waals surface area contributed by atoms with Crippen molar-refractivity contribution >= 4 is 11.6 Å². The normalized spacial score (nSPS) is 11.8. The average molecular weight is 398 g/mol. The molecule has 1 aromatic heterocycles. The van der Waals surface area contributed by atoms with E-state index in [4.69, 9.17) is 5.73 Å². The number of carbonyl (C=O) groups is 1. The molecule has 5 N–H and O–H groups in total. The van der Waals surface area contributed by atoms with Crippen LogP contribution in [0, 0.1) is 0 Å². The van der Waals surface area contributed by atoms with Gasteiger partial charge in [0, 0.05) is 16.8 Å². The van der Waals surface area contributed by atoms with Crippen molar-refractivity contribution in [2.45, 2.75) is 13.0 Å². The largest absolute Gasteiger partial charge is 0.508 e. The second-order valence-corrected chi connectivity index (χ2v) is 7.15. The highest BCUT2D eigenvalue weighted by molar-refractivity contribution is 5.95. The summed E-state index contributed by atoms with van der Waals surface area (Å²) in [5, 5.41) is 19.8. The van der Waals surface area contributed by atoms with Gasteiger partial charge < -0.3 is 16.2 Å². The number of nitrogen functional groups attached to an aromatic ring is 1. The lowest BCUT2D eigenvalue weighted by Crippen LogP contribution is -2.26. The average Bonchev–Trinajstić information content (AvgIpc) is 3.25. The summed E-state index contributed by atoms with van der Waals surface area (Å²) in [6.45, 7) is 1.94. The molecule has 0 aliphatic heterocycles. The van der Waals surface area contributed by atoms with E-state index in [2.05, 4.69) is 15.5 Å². The van der Waals surface area contributed by atoms with Crippen molar-refractivity contribution in [3.05, 3.63) is 90.0 Å². The van der Waals surface area contributed by atoms with Gasteiger partial charge in [-0.2, -0.15) is 5.10 Å². The second-order valence-electron chi connectivity index (χ2n) is 7.15. The zero-order valence-corrected chi connectivity index (χ0v) is 16.5. The standard InChI is InChI=1S/C24H22N4O2/c1-15(16-6-10-20(25)11-7-16)26-24(30)19-4-2-17(3-5-19)22-14-23(28-27-22)18-8-12-21(29)13-9-18/h2-15,29H,25H2,1H3,(H,26,30)(H,27,28). The van der Waals surface area contributed by atoms with Crippen LogP contribution in [0.5, 0.6) is 5.75 Å². The van der Waals surface area contributed by atoms with Gasteiger partial charge in [0.05, 0.1) is 17.4 Å². The Balaban J connectivity index is 1.45. The summed E-state index contributed by atoms with van der Waals surface area (Å²) in [7, 11) is 0. The molecule has 0 saturated carbocycles. The van der Waals surface area contributed by atoms with Crippen LogP contribution in [-0.4, -0.2) is 21.2 Å². The molecule has 1 heterocycles. The van der Waals surface area contributed by atoms with Crippen molar-refractivity contribution < 1.29 is 9.90 Å². The van der Waals surface area contributed by atoms with E-state index in [1.807, 2.05) is 61.5 Å². The van der Waals surface area contributed by atoms with Crippen molar-refractivity contribution in [2.75, 3.05) is 5.73 Å². The van der Waals surface area contributed by atoms with Gasteiger partial charge in [0.15, 0.2) is 0 Å². The molecule has 3 aromatic carbocycles. The molecule has 4 rings (SSSR count). The van der Waals surface area contributed by atoms with E-state index >= 15 is 0 Å². The molecule has 1 unspecified atom stereocenters. The Bertz CT molecular complexity index is 1150. The highest BCUT2D eigenvalue weighted by Gasteiger charge is 2.12. The zero-order chi connectivity index (χ0) is 21.1. The molecule has 6 nitrogen and oxygen atoms in total. The molecule has 0 spiro atoms. The van der Waals surface area contributed by atoms with Gasteiger partial charge in [0.2, 0.25) is 0 Å². The van der Waals surface area contributed by atoms with Crippen LogP contribution in [0.1, 0.15) is 28.9 Å². The van der Waals surface area contributed by atoms with Gasteiger partial charge in [-0.25, -0.2) is 0 Å². The van der Waals surface area contributed by atoms with Gasteiger partial charge in [-0.05, 0) is 72.6 Å². The molecule has 0 fully saturated rings. The fourth-order valence-corrected chi connectivity index (χ4v) is 3.20. The van der Waals surface area contributed by atoms with Gasteiger partial charge in [-0.1, -0.05) is 24.3 Å². The molecule has 0 aliphatic rings. The number of nitrogens with two attached hydrogens (primary N) is 1. The SMILES string of the molecule is CC(NC(=O)c1ccc(-c2cc(-c3ccc(O)cc3)n[nH]2)cc1)c1ccc(N)cc1. The summed E-state index contributed by atoms with van der Waals surface area (Å²) in [4.78, 5) is 12.6. The van der Waals surface area contributed by atoms with Crippen LogP contribution in [0.2, 0.25) is 0 Å². The molecule has 0 radical (unpaired) electrons. The maximum atomic E-state index is 12.6. The first-order valence-electron chi connectivity index (χ1n) is 9.61. The molecule has 4 aromatic rings. The Hall–Kier alpha value is -4.06. The number of aromatic amines is 1. The predicted molar refractivity (Wildman–Crippen MR) is 118 cm³/mol. The number of nitrogens with zero attached hydrogens (tertiary/aromatic N) is 1. The Kier molecular flexibility index (Phi) is 5.22. The third-order valence-corrected chi connectivity index (χ3v) is 4.98. The van der Waals surface area contributed by atoms with Crippen LogP contribution in [0.4, 0.5) is 5.69 Å². The molecule has 6 heteroatoms. The summed E-state index contributed by atoms with van der Waals surface area (Å²) in [6, 6.07) is 23.5. The Morgan fingerprint density at radius 1 is 0.967 bits per heavy atom. The molecule has 0 aliphatic carbocycles. The fourth-order valence-electron chi connectivity index (χ4n) is 3.20. The second kappa shape index (κ2) is 8.13. The number of nitrogens with one attached hydrogen (secondary N) is 2. The van der Waals surface area contributed by atoms with Gasteiger partial charge in [0.1, 0.15) is 5.75 Å². The van der Waals surface area contributed by atoms with Gasteiger partial charge in [-0.3, -0.25) is 9.89 Å². The number of carbonyl (C=O) groups excluding carboxylic acids is 1. The lowest BCUT2D eigenvalue weighted by atomic mass is 10.1. The summed E-state index contributed by atoms with van der Waals surface area (Å²) < 4.78 is 0. The zero-order valence-electron chi connectivity index (χ0n) is 16.5. The minimum atomic E-state index is -0.139. The van der Waals surface area contributed by atoms with Crippen molar-refractivity contribution in [1.82, 2.24) is 15.5 Å². The molecule has 150 valence electrons. The van der Waals surface area contributed by atoms with Crippen molar-refractivity contribution in [3.8, 4) is 28.3 Å². The minimum Gasteiger partial charge on any atom is -0.508 e. The number of aromatic hydroxyl groups is 1. The topological polar surface area (TPSA) is 104 Å². The maximum absolute atomic E-state index is 12.6. The number of phenolic OH excluding ortho intramolecular Hbond substituents is 1. The Labute approximate surface area is 174 Å². The number of aromatic nitrogens is 2. The molecule has 0 saturated heterocycles. The summed E-state index contributed by atoms with van der Waals surface area (Å²) in [5.41, 5.74) is 11.4. The van der Waals surface area contributed by atoms with Crippen LogP contribution in [0.15, 0.2) is 78.9 Å². The van der Waals surface area contributed by atoms with Crippen molar-refractivity contribution in [1.29, 1.82) is 0 Å². The van der Waals surface area contributed by atoms with E-state index in [9.17, 15) is 9.90 Å². The Morgan fingerprint density at radius 2 is 1.60 bits per heavy atom. The quantitative estimate of drug-likeness (QED) is 0.371.